The summed E-state index contributed by atoms with van der Waals surface area (Å²) in [5.74, 6) is -0.366. The third kappa shape index (κ3) is 6.66. The molecule has 0 saturated carbocycles. The summed E-state index contributed by atoms with van der Waals surface area (Å²) in [7, 11) is -3.56. The van der Waals surface area contributed by atoms with Gasteiger partial charge in [0.05, 0.1) is 17.0 Å². The minimum absolute atomic E-state index is 0.207. The van der Waals surface area contributed by atoms with E-state index in [1.807, 2.05) is 20.8 Å². The van der Waals surface area contributed by atoms with Gasteiger partial charge in [-0.1, -0.05) is 72.0 Å². The fraction of sp³-hybridized carbons (Fsp3) is 0.895. The first-order chi connectivity index (χ1) is 11.5. The topological polar surface area (TPSA) is 86.6 Å². The molecule has 0 aromatic heterocycles. The number of nitrogens with one attached hydrogen (secondary N) is 1. The van der Waals surface area contributed by atoms with Crippen LogP contribution in [0.1, 0.15) is 79.1 Å². The number of hydrogen-bond donors (Lipinski definition) is 3. The van der Waals surface area contributed by atoms with Crippen LogP contribution in [0, 0.1) is 5.41 Å². The van der Waals surface area contributed by atoms with Crippen molar-refractivity contribution in [2.45, 2.75) is 90.3 Å². The van der Waals surface area contributed by atoms with Gasteiger partial charge in [-0.15, -0.1) is 0 Å². The molecule has 1 aliphatic carbocycles. The van der Waals surface area contributed by atoms with Gasteiger partial charge in [0.2, 0.25) is 10.0 Å². The van der Waals surface area contributed by atoms with Crippen LogP contribution >= 0.6 is 0 Å². The second-order valence-electron chi connectivity index (χ2n) is 8.20. The van der Waals surface area contributed by atoms with Crippen molar-refractivity contribution >= 4 is 10.0 Å². The molecule has 0 bridgehead atoms. The molecule has 0 spiro atoms. The molecular weight excluding hydrogens is 338 g/mol. The predicted octanol–water partition coefficient (Wildman–Crippen LogP) is 3.12. The smallest absolute Gasteiger partial charge is 0.214 e. The van der Waals surface area contributed by atoms with Crippen LogP contribution in [-0.4, -0.2) is 42.1 Å². The highest BCUT2D eigenvalue weighted by molar-refractivity contribution is 7.89. The average molecular weight is 376 g/mol. The van der Waals surface area contributed by atoms with Crippen molar-refractivity contribution in [1.82, 2.24) is 4.72 Å². The molecule has 0 aliphatic heterocycles. The lowest BCUT2D eigenvalue weighted by Gasteiger charge is -2.48. The van der Waals surface area contributed by atoms with Crippen molar-refractivity contribution in [1.29, 1.82) is 0 Å². The Morgan fingerprint density at radius 2 is 1.60 bits per heavy atom. The van der Waals surface area contributed by atoms with E-state index >= 15 is 0 Å². The first-order valence-electron chi connectivity index (χ1n) is 9.62. The second kappa shape index (κ2) is 8.98. The van der Waals surface area contributed by atoms with Crippen LogP contribution in [0.5, 0.6) is 0 Å². The summed E-state index contributed by atoms with van der Waals surface area (Å²) in [4.78, 5) is 0. The van der Waals surface area contributed by atoms with Gasteiger partial charge in [0.15, 0.2) is 0 Å². The molecule has 148 valence electrons. The molecule has 0 saturated heterocycles. The zero-order valence-electron chi connectivity index (χ0n) is 16.3. The highest BCUT2D eigenvalue weighted by Crippen LogP contribution is 2.45. The highest BCUT2D eigenvalue weighted by atomic mass is 32.2. The van der Waals surface area contributed by atoms with Crippen LogP contribution in [-0.2, 0) is 10.0 Å². The maximum Gasteiger partial charge on any atom is 0.214 e. The summed E-state index contributed by atoms with van der Waals surface area (Å²) in [6, 6.07) is 0. The Bertz CT molecular complexity index is 544. The van der Waals surface area contributed by atoms with E-state index in [0.717, 1.165) is 19.3 Å². The fourth-order valence-corrected chi connectivity index (χ4v) is 5.12. The van der Waals surface area contributed by atoms with E-state index in [9.17, 15) is 18.6 Å². The number of aliphatic hydroxyl groups is 2. The minimum atomic E-state index is -3.56. The van der Waals surface area contributed by atoms with Gasteiger partial charge >= 0.3 is 0 Å². The van der Waals surface area contributed by atoms with Crippen molar-refractivity contribution < 1.29 is 18.6 Å². The third-order valence-corrected chi connectivity index (χ3v) is 6.94. The Hall–Kier alpha value is -0.430. The molecule has 3 N–H and O–H groups in total. The van der Waals surface area contributed by atoms with Gasteiger partial charge in [0, 0.05) is 12.0 Å². The quantitative estimate of drug-likeness (QED) is 0.382. The van der Waals surface area contributed by atoms with E-state index in [0.29, 0.717) is 13.0 Å². The first-order valence-corrected chi connectivity index (χ1v) is 11.3. The first kappa shape index (κ1) is 22.6. The lowest BCUT2D eigenvalue weighted by molar-refractivity contribution is -0.0785. The molecular formula is C19H37NO4S. The van der Waals surface area contributed by atoms with Crippen LogP contribution in [0.4, 0.5) is 0 Å². The molecule has 0 amide bonds. The highest BCUT2D eigenvalue weighted by Gasteiger charge is 2.49. The number of unbranched alkanes of at least 4 members (excludes halogenated alkanes) is 5. The van der Waals surface area contributed by atoms with Crippen LogP contribution in [0.25, 0.3) is 0 Å². The Morgan fingerprint density at radius 3 is 2.16 bits per heavy atom. The summed E-state index contributed by atoms with van der Waals surface area (Å²) in [6.07, 6.45) is 10.4. The van der Waals surface area contributed by atoms with E-state index in [-0.39, 0.29) is 12.2 Å². The number of hydrogen-bond acceptors (Lipinski definition) is 4. The zero-order valence-corrected chi connectivity index (χ0v) is 17.2. The molecule has 2 unspecified atom stereocenters. The van der Waals surface area contributed by atoms with Gasteiger partial charge in [-0.05, 0) is 19.3 Å². The van der Waals surface area contributed by atoms with Gasteiger partial charge in [0.1, 0.15) is 0 Å². The molecule has 1 aliphatic rings. The molecule has 5 nitrogen and oxygen atoms in total. The van der Waals surface area contributed by atoms with Crippen molar-refractivity contribution in [2.75, 3.05) is 12.3 Å². The molecule has 0 radical (unpaired) electrons. The van der Waals surface area contributed by atoms with E-state index in [4.69, 9.17) is 0 Å². The molecule has 0 fully saturated rings. The number of sulfonamides is 1. The molecule has 0 aromatic carbocycles. The van der Waals surface area contributed by atoms with E-state index in [1.54, 1.807) is 6.08 Å². The molecule has 1 rings (SSSR count). The Morgan fingerprint density at radius 1 is 1.00 bits per heavy atom. The SMILES string of the molecule is CCCCCCCCNS(=O)(=O)CC1(O)C=CC(O)(CC)C(C)(C)C1. The number of rotatable bonds is 11. The molecule has 25 heavy (non-hydrogen) atoms. The van der Waals surface area contributed by atoms with E-state index in [2.05, 4.69) is 11.6 Å². The van der Waals surface area contributed by atoms with Crippen LogP contribution < -0.4 is 4.72 Å². The third-order valence-electron chi connectivity index (χ3n) is 5.42. The van der Waals surface area contributed by atoms with Crippen LogP contribution in [0.3, 0.4) is 0 Å². The predicted molar refractivity (Wildman–Crippen MR) is 103 cm³/mol. The summed E-state index contributed by atoms with van der Waals surface area (Å²) >= 11 is 0. The fourth-order valence-electron chi connectivity index (χ4n) is 3.70. The maximum absolute atomic E-state index is 12.3. The van der Waals surface area contributed by atoms with Crippen molar-refractivity contribution in [3.63, 3.8) is 0 Å². The Labute approximate surface area is 154 Å². The normalized spacial score (nSPS) is 29.0. The van der Waals surface area contributed by atoms with Gasteiger partial charge in [-0.2, -0.15) is 0 Å². The Balaban J connectivity index is 2.55. The van der Waals surface area contributed by atoms with Gasteiger partial charge < -0.3 is 10.2 Å². The van der Waals surface area contributed by atoms with Crippen molar-refractivity contribution in [3.8, 4) is 0 Å². The summed E-state index contributed by atoms with van der Waals surface area (Å²) in [5.41, 5.74) is -3.06. The van der Waals surface area contributed by atoms with Gasteiger partial charge in [-0.3, -0.25) is 0 Å². The lowest BCUT2D eigenvalue weighted by Crippen LogP contribution is -2.54. The summed E-state index contributed by atoms with van der Waals surface area (Å²) in [5, 5.41) is 21.4. The van der Waals surface area contributed by atoms with Crippen LogP contribution in [0.2, 0.25) is 0 Å². The monoisotopic (exact) mass is 375 g/mol. The van der Waals surface area contributed by atoms with Crippen LogP contribution in [0.15, 0.2) is 12.2 Å². The summed E-state index contributed by atoms with van der Waals surface area (Å²) < 4.78 is 27.2. The van der Waals surface area contributed by atoms with Crippen molar-refractivity contribution in [3.05, 3.63) is 12.2 Å². The largest absolute Gasteiger partial charge is 0.385 e. The minimum Gasteiger partial charge on any atom is -0.385 e. The average Bonchev–Trinajstić information content (AvgIpc) is 2.49. The lowest BCUT2D eigenvalue weighted by atomic mass is 9.63. The molecule has 0 heterocycles. The zero-order chi connectivity index (χ0) is 19.2. The Kier molecular flexibility index (Phi) is 8.12. The molecule has 2 atom stereocenters. The van der Waals surface area contributed by atoms with Gasteiger partial charge in [-0.25, -0.2) is 13.1 Å². The van der Waals surface area contributed by atoms with Crippen molar-refractivity contribution in [2.24, 2.45) is 5.41 Å². The van der Waals surface area contributed by atoms with E-state index < -0.39 is 26.6 Å². The molecule has 0 aromatic rings. The second-order valence-corrected chi connectivity index (χ2v) is 10.0. The van der Waals surface area contributed by atoms with Gasteiger partial charge in [0.25, 0.3) is 0 Å². The maximum atomic E-state index is 12.3. The molecule has 6 heteroatoms. The van der Waals surface area contributed by atoms with E-state index in [1.165, 1.54) is 25.3 Å². The standard InChI is InChI=1S/C19H37NO4S/c1-5-7-8-9-10-11-14-20-25(23,24)16-18(21)12-13-19(22,6-2)17(3,4)15-18/h12-13,20-22H,5-11,14-16H2,1-4H3. The summed E-state index contributed by atoms with van der Waals surface area (Å²) in [6.45, 7) is 8.19.